The topological polar surface area (TPSA) is 110 Å². The first-order valence-electron chi connectivity index (χ1n) is 7.72. The van der Waals surface area contributed by atoms with E-state index in [9.17, 15) is 25.2 Å². The summed E-state index contributed by atoms with van der Waals surface area (Å²) in [6.45, 7) is -0.403. The fraction of sp³-hybridized carbons (Fsp3) is 0.562. The van der Waals surface area contributed by atoms with Gasteiger partial charge >= 0.3 is 0 Å². The molecule has 2 heterocycles. The molecular formula is C16H21NO6. The number of benzene rings is 1. The highest BCUT2D eigenvalue weighted by molar-refractivity contribution is 5.83. The highest BCUT2D eigenvalue weighted by atomic mass is 16.5. The molecule has 4 N–H and O–H groups in total. The zero-order chi connectivity index (χ0) is 16.6. The van der Waals surface area contributed by atoms with Gasteiger partial charge in [-0.2, -0.15) is 0 Å². The van der Waals surface area contributed by atoms with Crippen molar-refractivity contribution in [2.24, 2.45) is 0 Å². The second kappa shape index (κ2) is 6.45. The van der Waals surface area contributed by atoms with Crippen molar-refractivity contribution >= 4 is 5.91 Å². The number of aliphatic hydroxyl groups excluding tert-OH is 4. The number of hydrogen-bond donors (Lipinski definition) is 4. The maximum Gasteiger partial charge on any atom is 0.254 e. The molecule has 0 spiro atoms. The molecule has 2 aliphatic heterocycles. The molecule has 2 aliphatic rings. The highest BCUT2D eigenvalue weighted by Crippen LogP contribution is 2.33. The van der Waals surface area contributed by atoms with Crippen LogP contribution in [-0.4, -0.2) is 74.3 Å². The van der Waals surface area contributed by atoms with Crippen LogP contribution in [0.25, 0.3) is 0 Å². The summed E-state index contributed by atoms with van der Waals surface area (Å²) in [4.78, 5) is 13.7. The highest BCUT2D eigenvalue weighted by Gasteiger charge is 2.51. The van der Waals surface area contributed by atoms with E-state index in [4.69, 9.17) is 4.74 Å². The molecule has 0 unspecified atom stereocenters. The van der Waals surface area contributed by atoms with Gasteiger partial charge in [-0.05, 0) is 25.0 Å². The minimum absolute atomic E-state index is 0.165. The van der Waals surface area contributed by atoms with Crippen molar-refractivity contribution in [3.05, 3.63) is 30.3 Å². The van der Waals surface area contributed by atoms with E-state index < -0.39 is 49.0 Å². The van der Waals surface area contributed by atoms with Crippen LogP contribution in [0.1, 0.15) is 12.8 Å². The Hall–Kier alpha value is -1.67. The number of rotatable bonds is 3. The summed E-state index contributed by atoms with van der Waals surface area (Å²) >= 11 is 0. The van der Waals surface area contributed by atoms with Crippen molar-refractivity contribution in [3.8, 4) is 5.75 Å². The maximum atomic E-state index is 12.3. The predicted octanol–water partition coefficient (Wildman–Crippen LogP) is -1.12. The molecular weight excluding hydrogens is 302 g/mol. The Morgan fingerprint density at radius 1 is 1.09 bits per heavy atom. The molecule has 126 valence electrons. The van der Waals surface area contributed by atoms with Gasteiger partial charge in [-0.15, -0.1) is 0 Å². The van der Waals surface area contributed by atoms with E-state index in [1.165, 1.54) is 4.90 Å². The van der Waals surface area contributed by atoms with Gasteiger partial charge in [0.1, 0.15) is 11.9 Å². The largest absolute Gasteiger partial charge is 0.485 e. The first-order valence-corrected chi connectivity index (χ1v) is 7.72. The fourth-order valence-corrected chi connectivity index (χ4v) is 3.50. The first-order chi connectivity index (χ1) is 11.0. The van der Waals surface area contributed by atoms with Gasteiger partial charge in [-0.1, -0.05) is 18.2 Å². The van der Waals surface area contributed by atoms with E-state index in [1.807, 2.05) is 6.07 Å². The van der Waals surface area contributed by atoms with Crippen LogP contribution in [0.4, 0.5) is 0 Å². The van der Waals surface area contributed by atoms with E-state index in [1.54, 1.807) is 24.3 Å². The summed E-state index contributed by atoms with van der Waals surface area (Å²) in [5.74, 6) is -0.111. The van der Waals surface area contributed by atoms with E-state index in [2.05, 4.69) is 0 Å². The number of carbonyl (C=O) groups is 1. The Morgan fingerprint density at radius 3 is 2.39 bits per heavy atom. The second-order valence-corrected chi connectivity index (χ2v) is 6.10. The van der Waals surface area contributed by atoms with E-state index in [0.29, 0.717) is 5.75 Å². The molecule has 1 aromatic rings. The van der Waals surface area contributed by atoms with Crippen molar-refractivity contribution < 1.29 is 30.0 Å². The minimum atomic E-state index is -1.51. The van der Waals surface area contributed by atoms with Crippen LogP contribution in [-0.2, 0) is 4.79 Å². The molecule has 0 bridgehead atoms. The number of fused-ring (bicyclic) bond motifs is 1. The number of ether oxygens (including phenoxy) is 1. The lowest BCUT2D eigenvalue weighted by Crippen LogP contribution is -2.69. The maximum absolute atomic E-state index is 12.3. The normalized spacial score (nSPS) is 37.4. The fourth-order valence-electron chi connectivity index (χ4n) is 3.50. The molecule has 7 nitrogen and oxygen atoms in total. The van der Waals surface area contributed by atoms with Crippen LogP contribution >= 0.6 is 0 Å². The van der Waals surface area contributed by atoms with Crippen molar-refractivity contribution in [1.82, 2.24) is 4.90 Å². The number of piperidine rings is 2. The molecule has 3 rings (SSSR count). The lowest BCUT2D eigenvalue weighted by Gasteiger charge is -2.51. The third-order valence-electron chi connectivity index (χ3n) is 4.61. The number of nitrogens with zero attached hydrogens (tertiary/aromatic N) is 1. The molecule has 6 atom stereocenters. The number of para-hydroxylation sites is 1. The van der Waals surface area contributed by atoms with Gasteiger partial charge in [0.25, 0.3) is 5.91 Å². The van der Waals surface area contributed by atoms with Gasteiger partial charge < -0.3 is 30.1 Å². The van der Waals surface area contributed by atoms with Crippen molar-refractivity contribution in [3.63, 3.8) is 0 Å². The monoisotopic (exact) mass is 323 g/mol. The number of aliphatic hydroxyl groups is 4. The van der Waals surface area contributed by atoms with Crippen molar-refractivity contribution in [2.45, 2.75) is 49.3 Å². The van der Waals surface area contributed by atoms with E-state index in [0.717, 1.165) is 0 Å². The van der Waals surface area contributed by atoms with Crippen LogP contribution in [0.3, 0.4) is 0 Å². The van der Waals surface area contributed by atoms with Crippen LogP contribution in [0, 0.1) is 0 Å². The zero-order valence-corrected chi connectivity index (χ0v) is 12.5. The molecule has 2 fully saturated rings. The molecule has 0 aliphatic carbocycles. The molecule has 2 saturated heterocycles. The third kappa shape index (κ3) is 2.92. The second-order valence-electron chi connectivity index (χ2n) is 6.10. The smallest absolute Gasteiger partial charge is 0.254 e. The van der Waals surface area contributed by atoms with Gasteiger partial charge in [-0.25, -0.2) is 0 Å². The average Bonchev–Trinajstić information content (AvgIpc) is 2.55. The summed E-state index contributed by atoms with van der Waals surface area (Å²) in [5.41, 5.74) is 0. The zero-order valence-electron chi connectivity index (χ0n) is 12.5. The lowest BCUT2D eigenvalue weighted by atomic mass is 9.83. The van der Waals surface area contributed by atoms with Crippen LogP contribution in [0.2, 0.25) is 0 Å². The molecule has 23 heavy (non-hydrogen) atoms. The van der Waals surface area contributed by atoms with Gasteiger partial charge in [0, 0.05) is 6.04 Å². The lowest BCUT2D eigenvalue weighted by molar-refractivity contribution is -0.180. The van der Waals surface area contributed by atoms with E-state index >= 15 is 0 Å². The number of carbonyl (C=O) groups excluding carboxylic acids is 1. The number of amides is 1. The summed E-state index contributed by atoms with van der Waals surface area (Å²) < 4.78 is 5.78. The van der Waals surface area contributed by atoms with Crippen molar-refractivity contribution in [2.75, 3.05) is 6.61 Å². The van der Waals surface area contributed by atoms with Crippen molar-refractivity contribution in [1.29, 1.82) is 0 Å². The third-order valence-corrected chi connectivity index (χ3v) is 4.61. The van der Waals surface area contributed by atoms with Crippen LogP contribution in [0.5, 0.6) is 5.75 Å². The quantitative estimate of drug-likeness (QED) is 0.561. The first kappa shape index (κ1) is 16.2. The molecule has 7 heteroatoms. The molecule has 0 radical (unpaired) electrons. The van der Waals surface area contributed by atoms with Gasteiger partial charge in [0.2, 0.25) is 0 Å². The Kier molecular flexibility index (Phi) is 4.54. The molecule has 0 aromatic heterocycles. The average molecular weight is 323 g/mol. The SMILES string of the molecule is O=C1[C@H](O)[C@H](O)C[C@H]2C[C@@H](O)[C@@H](Oc3ccccc3)[C@H](CO)N12. The Morgan fingerprint density at radius 2 is 1.74 bits per heavy atom. The Labute approximate surface area is 133 Å². The number of hydrogen-bond acceptors (Lipinski definition) is 6. The predicted molar refractivity (Wildman–Crippen MR) is 79.6 cm³/mol. The van der Waals surface area contributed by atoms with Gasteiger partial charge in [0.05, 0.1) is 24.9 Å². The van der Waals surface area contributed by atoms with Gasteiger partial charge in [-0.3, -0.25) is 4.79 Å². The van der Waals surface area contributed by atoms with Crippen LogP contribution in [0.15, 0.2) is 30.3 Å². The van der Waals surface area contributed by atoms with E-state index in [-0.39, 0.29) is 12.8 Å². The Bertz CT molecular complexity index is 553. The standard InChI is InChI=1S/C16H21NO6/c18-8-11-15(23-10-4-2-1-3-5-10)13(20)7-9-6-12(19)14(21)16(22)17(9)11/h1-5,9,11-15,18-21H,6-8H2/t9-,11-,12+,13+,14+,15-/m0/s1. The minimum Gasteiger partial charge on any atom is -0.485 e. The summed E-state index contributed by atoms with van der Waals surface area (Å²) in [6, 6.07) is 7.65. The van der Waals surface area contributed by atoms with Gasteiger partial charge in [0.15, 0.2) is 6.10 Å². The summed E-state index contributed by atoms with van der Waals surface area (Å²) in [5, 5.41) is 39.7. The molecule has 1 amide bonds. The summed E-state index contributed by atoms with van der Waals surface area (Å²) in [6.07, 6.45) is -3.95. The summed E-state index contributed by atoms with van der Waals surface area (Å²) in [7, 11) is 0. The Balaban J connectivity index is 1.85. The molecule has 0 saturated carbocycles. The van der Waals surface area contributed by atoms with Crippen LogP contribution < -0.4 is 4.74 Å². The molecule has 1 aromatic carbocycles.